The summed E-state index contributed by atoms with van der Waals surface area (Å²) in [7, 11) is 0. The van der Waals surface area contributed by atoms with Crippen molar-refractivity contribution < 1.29 is 4.74 Å². The minimum Gasteiger partial charge on any atom is -0.460 e. The largest absolute Gasteiger partial charge is 0.460 e. The van der Waals surface area contributed by atoms with Gasteiger partial charge in [-0.2, -0.15) is 5.26 Å². The molecular formula is C21H26N4O. The zero-order chi connectivity index (χ0) is 18.2. The van der Waals surface area contributed by atoms with Crippen LogP contribution < -0.4 is 4.74 Å². The molecule has 26 heavy (non-hydrogen) atoms. The lowest BCUT2D eigenvalue weighted by Gasteiger charge is -2.31. The highest BCUT2D eigenvalue weighted by Gasteiger charge is 2.20. The van der Waals surface area contributed by atoms with Crippen molar-refractivity contribution in [3.63, 3.8) is 0 Å². The van der Waals surface area contributed by atoms with Crippen molar-refractivity contribution in [2.75, 3.05) is 19.6 Å². The molecule has 0 spiro atoms. The molecule has 1 fully saturated rings. The molecule has 0 N–H and O–H groups in total. The lowest BCUT2D eigenvalue weighted by atomic mass is 10.1. The van der Waals surface area contributed by atoms with Crippen molar-refractivity contribution in [3.05, 3.63) is 47.8 Å². The van der Waals surface area contributed by atoms with E-state index in [-0.39, 0.29) is 6.10 Å². The van der Waals surface area contributed by atoms with Gasteiger partial charge in [-0.05, 0) is 43.9 Å². The molecule has 0 unspecified atom stereocenters. The number of hydrogen-bond donors (Lipinski definition) is 0. The van der Waals surface area contributed by atoms with Gasteiger partial charge in [-0.1, -0.05) is 31.6 Å². The Morgan fingerprint density at radius 1 is 1.19 bits per heavy atom. The number of nitrogens with zero attached hydrogens (tertiary/aromatic N) is 4. The van der Waals surface area contributed by atoms with Crippen molar-refractivity contribution in [2.45, 2.75) is 45.1 Å². The Morgan fingerprint density at radius 3 is 2.65 bits per heavy atom. The summed E-state index contributed by atoms with van der Waals surface area (Å²) in [6, 6.07) is 2.62. The smallest absolute Gasteiger partial charge is 0.316 e. The van der Waals surface area contributed by atoms with Crippen LogP contribution in [0.1, 0.15) is 44.6 Å². The molecule has 2 aliphatic rings. The Hall–Kier alpha value is -2.45. The monoisotopic (exact) mass is 350 g/mol. The van der Waals surface area contributed by atoms with Gasteiger partial charge >= 0.3 is 6.01 Å². The molecule has 5 nitrogen and oxygen atoms in total. The highest BCUT2D eigenvalue weighted by atomic mass is 16.5. The first-order chi connectivity index (χ1) is 12.8. The summed E-state index contributed by atoms with van der Waals surface area (Å²) in [6.45, 7) is 5.61. The Balaban J connectivity index is 1.53. The maximum absolute atomic E-state index is 8.99. The predicted molar refractivity (Wildman–Crippen MR) is 102 cm³/mol. The molecule has 0 amide bonds. The van der Waals surface area contributed by atoms with Gasteiger partial charge in [-0.25, -0.2) is 9.97 Å². The van der Waals surface area contributed by atoms with Gasteiger partial charge in [0, 0.05) is 36.6 Å². The van der Waals surface area contributed by atoms with Gasteiger partial charge < -0.3 is 9.64 Å². The van der Waals surface area contributed by atoms with Crippen molar-refractivity contribution in [3.8, 4) is 12.1 Å². The van der Waals surface area contributed by atoms with Crippen molar-refractivity contribution >= 4 is 5.57 Å². The highest BCUT2D eigenvalue weighted by Crippen LogP contribution is 2.21. The van der Waals surface area contributed by atoms with E-state index in [0.717, 1.165) is 43.5 Å². The molecule has 2 heterocycles. The summed E-state index contributed by atoms with van der Waals surface area (Å²) in [4.78, 5) is 11.3. The van der Waals surface area contributed by atoms with E-state index in [9.17, 15) is 0 Å². The molecule has 0 bridgehead atoms. The topological polar surface area (TPSA) is 62.0 Å². The van der Waals surface area contributed by atoms with Crippen molar-refractivity contribution in [2.24, 2.45) is 0 Å². The zero-order valence-electron chi connectivity index (χ0n) is 15.4. The number of nitriles is 1. The molecule has 1 aliphatic carbocycles. The second-order valence-corrected chi connectivity index (χ2v) is 6.77. The van der Waals surface area contributed by atoms with Gasteiger partial charge in [0.15, 0.2) is 0 Å². The summed E-state index contributed by atoms with van der Waals surface area (Å²) < 4.78 is 5.97. The molecule has 136 valence electrons. The number of aromatic nitrogens is 2. The second-order valence-electron chi connectivity index (χ2n) is 6.77. The van der Waals surface area contributed by atoms with Crippen molar-refractivity contribution in [1.82, 2.24) is 14.9 Å². The van der Waals surface area contributed by atoms with Gasteiger partial charge in [0.05, 0.1) is 6.07 Å². The van der Waals surface area contributed by atoms with Gasteiger partial charge in [0.2, 0.25) is 0 Å². The summed E-state index contributed by atoms with van der Waals surface area (Å²) in [6.07, 6.45) is 16.9. The average Bonchev–Trinajstić information content (AvgIpc) is 2.94. The highest BCUT2D eigenvalue weighted by molar-refractivity contribution is 5.74. The zero-order valence-corrected chi connectivity index (χ0v) is 15.4. The number of likely N-dealkylation sites (tertiary alicyclic amines) is 1. The molecule has 0 aromatic carbocycles. The van der Waals surface area contributed by atoms with Crippen LogP contribution in [-0.2, 0) is 0 Å². The molecule has 1 aliphatic heterocycles. The minimum absolute atomic E-state index is 0.207. The van der Waals surface area contributed by atoms with Crippen LogP contribution in [0, 0.1) is 11.3 Å². The molecular weight excluding hydrogens is 324 g/mol. The first-order valence-electron chi connectivity index (χ1n) is 9.48. The Morgan fingerprint density at radius 2 is 1.96 bits per heavy atom. The number of ether oxygens (including phenoxy) is 1. The number of hydrogen-bond acceptors (Lipinski definition) is 5. The molecule has 5 heteroatoms. The van der Waals surface area contributed by atoms with Crippen LogP contribution in [0.25, 0.3) is 5.57 Å². The summed E-state index contributed by atoms with van der Waals surface area (Å²) in [5.74, 6) is 0. The number of unbranched alkanes of at least 4 members (excludes halogenated alkanes) is 1. The van der Waals surface area contributed by atoms with Gasteiger partial charge in [0.1, 0.15) is 6.10 Å². The predicted octanol–water partition coefficient (Wildman–Crippen LogP) is 3.91. The maximum atomic E-state index is 8.99. The first-order valence-corrected chi connectivity index (χ1v) is 9.48. The third kappa shape index (κ3) is 5.03. The number of piperidine rings is 1. The van der Waals surface area contributed by atoms with E-state index in [1.54, 1.807) is 12.4 Å². The maximum Gasteiger partial charge on any atom is 0.316 e. The van der Waals surface area contributed by atoms with E-state index in [4.69, 9.17) is 10.00 Å². The second kappa shape index (κ2) is 9.30. The van der Waals surface area contributed by atoms with E-state index in [0.29, 0.717) is 11.6 Å². The molecule has 1 aromatic heterocycles. The van der Waals surface area contributed by atoms with Crippen LogP contribution in [-0.4, -0.2) is 40.6 Å². The Labute approximate surface area is 155 Å². The van der Waals surface area contributed by atoms with E-state index in [1.165, 1.54) is 19.4 Å². The molecule has 0 radical (unpaired) electrons. The summed E-state index contributed by atoms with van der Waals surface area (Å²) in [5.41, 5.74) is 2.65. The lowest BCUT2D eigenvalue weighted by Crippen LogP contribution is -2.38. The fourth-order valence-electron chi connectivity index (χ4n) is 3.23. The molecule has 0 saturated carbocycles. The van der Waals surface area contributed by atoms with Crippen LogP contribution in [0.2, 0.25) is 0 Å². The standard InChI is InChI=1S/C21H26N4O/c1-2-3-11-25-12-9-20(10-13-25)26-21-23-15-19(16-24-21)18-6-4-5-17(14-22)7-8-18/h5-8,15-16,20H,2-4,9-13H2,1H3. The third-order valence-electron chi connectivity index (χ3n) is 4.84. The average molecular weight is 350 g/mol. The Kier molecular flexibility index (Phi) is 6.56. The molecule has 0 atom stereocenters. The van der Waals surface area contributed by atoms with Crippen LogP contribution in [0.4, 0.5) is 0 Å². The molecule has 1 saturated heterocycles. The Bertz CT molecular complexity index is 719. The van der Waals surface area contributed by atoms with Gasteiger partial charge in [-0.3, -0.25) is 0 Å². The summed E-state index contributed by atoms with van der Waals surface area (Å²) in [5, 5.41) is 8.99. The van der Waals surface area contributed by atoms with Crippen LogP contribution in [0.3, 0.4) is 0 Å². The molecule has 1 aromatic rings. The number of allylic oxidation sites excluding steroid dienone is 6. The number of rotatable bonds is 6. The van der Waals surface area contributed by atoms with E-state index >= 15 is 0 Å². The quantitative estimate of drug-likeness (QED) is 0.778. The fourth-order valence-corrected chi connectivity index (χ4v) is 3.23. The van der Waals surface area contributed by atoms with E-state index < -0.39 is 0 Å². The SMILES string of the molecule is CCCCN1CCC(Oc2ncc(C3=CCC=C(C#N)C=C3)cn2)CC1. The third-order valence-corrected chi connectivity index (χ3v) is 4.84. The van der Waals surface area contributed by atoms with Crippen LogP contribution in [0.5, 0.6) is 6.01 Å². The van der Waals surface area contributed by atoms with Gasteiger partial charge in [0.25, 0.3) is 0 Å². The van der Waals surface area contributed by atoms with Crippen LogP contribution in [0.15, 0.2) is 42.3 Å². The lowest BCUT2D eigenvalue weighted by molar-refractivity contribution is 0.0921. The van der Waals surface area contributed by atoms with Gasteiger partial charge in [-0.15, -0.1) is 0 Å². The summed E-state index contributed by atoms with van der Waals surface area (Å²) >= 11 is 0. The minimum atomic E-state index is 0.207. The van der Waals surface area contributed by atoms with Crippen molar-refractivity contribution in [1.29, 1.82) is 5.26 Å². The van der Waals surface area contributed by atoms with Crippen LogP contribution >= 0.6 is 0 Å². The molecule has 3 rings (SSSR count). The van der Waals surface area contributed by atoms with E-state index in [1.807, 2.05) is 18.2 Å². The normalized spacial score (nSPS) is 18.6. The van der Waals surface area contributed by atoms with E-state index in [2.05, 4.69) is 33.9 Å². The fraction of sp³-hybridized carbons (Fsp3) is 0.476. The first kappa shape index (κ1) is 18.3.